The molecular weight excluding hydrogens is 260 g/mol. The predicted octanol–water partition coefficient (Wildman–Crippen LogP) is 3.72. The number of rotatable bonds is 3. The van der Waals surface area contributed by atoms with Crippen LogP contribution in [0.4, 0.5) is 5.69 Å². The van der Waals surface area contributed by atoms with E-state index in [2.05, 4.69) is 38.7 Å². The monoisotopic (exact) mass is 274 g/mol. The molecule has 102 valence electrons. The van der Waals surface area contributed by atoms with Gasteiger partial charge in [-0.2, -0.15) is 5.10 Å². The van der Waals surface area contributed by atoms with Crippen molar-refractivity contribution in [2.24, 2.45) is 0 Å². The van der Waals surface area contributed by atoms with Gasteiger partial charge < -0.3 is 5.32 Å². The molecule has 0 amide bonds. The highest BCUT2D eigenvalue weighted by Crippen LogP contribution is 2.21. The summed E-state index contributed by atoms with van der Waals surface area (Å²) in [4.78, 5) is 4.67. The van der Waals surface area contributed by atoms with Gasteiger partial charge in [-0.3, -0.25) is 10.1 Å². The van der Waals surface area contributed by atoms with Crippen LogP contribution < -0.4 is 5.32 Å². The lowest BCUT2D eigenvalue weighted by Gasteiger charge is -2.07. The molecule has 0 saturated carbocycles. The summed E-state index contributed by atoms with van der Waals surface area (Å²) in [6.07, 6.45) is 1.83. The minimum atomic E-state index is 0.683. The molecule has 0 unspecified atom stereocenters. The predicted molar refractivity (Wildman–Crippen MR) is 85.2 cm³/mol. The molecule has 0 atom stereocenters. The first kappa shape index (κ1) is 11.9. The largest absolute Gasteiger partial charge is 0.378 e. The number of nitrogens with zero attached hydrogens (tertiary/aromatic N) is 2. The SMILES string of the molecule is c1ccc2nc(CNc3cccc4cn[nH]c34)ccc2c1. The van der Waals surface area contributed by atoms with Crippen LogP contribution in [0.15, 0.2) is 60.8 Å². The summed E-state index contributed by atoms with van der Waals surface area (Å²) in [5, 5.41) is 12.8. The zero-order valence-corrected chi connectivity index (χ0v) is 11.4. The zero-order chi connectivity index (χ0) is 14.1. The van der Waals surface area contributed by atoms with Crippen LogP contribution in [0.2, 0.25) is 0 Å². The Balaban J connectivity index is 1.61. The first-order valence-electron chi connectivity index (χ1n) is 6.91. The lowest BCUT2D eigenvalue weighted by Crippen LogP contribution is -2.02. The summed E-state index contributed by atoms with van der Waals surface area (Å²) in [6.45, 7) is 0.683. The van der Waals surface area contributed by atoms with Crippen LogP contribution in [0.25, 0.3) is 21.8 Å². The van der Waals surface area contributed by atoms with Gasteiger partial charge in [-0.15, -0.1) is 0 Å². The standard InChI is InChI=1S/C17H14N4/c1-2-6-15-12(4-1)8-9-14(20-15)11-18-16-7-3-5-13-10-19-21-17(13)16/h1-10,18H,11H2,(H,19,21). The Morgan fingerprint density at radius 1 is 0.905 bits per heavy atom. The van der Waals surface area contributed by atoms with E-state index in [9.17, 15) is 0 Å². The van der Waals surface area contributed by atoms with Crippen molar-refractivity contribution in [3.63, 3.8) is 0 Å². The molecule has 2 heterocycles. The van der Waals surface area contributed by atoms with Gasteiger partial charge in [-0.1, -0.05) is 36.4 Å². The fraction of sp³-hybridized carbons (Fsp3) is 0.0588. The highest BCUT2D eigenvalue weighted by Gasteiger charge is 2.03. The number of hydrogen-bond donors (Lipinski definition) is 2. The van der Waals surface area contributed by atoms with Crippen molar-refractivity contribution in [1.82, 2.24) is 15.2 Å². The third-order valence-electron chi connectivity index (χ3n) is 3.59. The van der Waals surface area contributed by atoms with E-state index < -0.39 is 0 Å². The number of para-hydroxylation sites is 2. The van der Waals surface area contributed by atoms with Crippen LogP contribution in [0.5, 0.6) is 0 Å². The third kappa shape index (κ3) is 2.21. The molecule has 0 saturated heterocycles. The maximum atomic E-state index is 4.67. The summed E-state index contributed by atoms with van der Waals surface area (Å²) in [6, 6.07) is 18.4. The summed E-state index contributed by atoms with van der Waals surface area (Å²) in [7, 11) is 0. The molecule has 4 heteroatoms. The number of aromatic amines is 1. The number of H-pyrrole nitrogens is 1. The second-order valence-corrected chi connectivity index (χ2v) is 4.99. The van der Waals surface area contributed by atoms with Gasteiger partial charge in [0.05, 0.1) is 35.2 Å². The Bertz CT molecular complexity index is 911. The van der Waals surface area contributed by atoms with Crippen molar-refractivity contribution in [3.05, 3.63) is 66.5 Å². The molecule has 2 N–H and O–H groups in total. The van der Waals surface area contributed by atoms with Crippen molar-refractivity contribution in [3.8, 4) is 0 Å². The van der Waals surface area contributed by atoms with E-state index in [1.807, 2.05) is 42.6 Å². The van der Waals surface area contributed by atoms with E-state index in [4.69, 9.17) is 0 Å². The third-order valence-corrected chi connectivity index (χ3v) is 3.59. The minimum Gasteiger partial charge on any atom is -0.378 e. The molecular formula is C17H14N4. The van der Waals surface area contributed by atoms with Gasteiger partial charge >= 0.3 is 0 Å². The first-order valence-corrected chi connectivity index (χ1v) is 6.91. The number of anilines is 1. The maximum absolute atomic E-state index is 4.67. The van der Waals surface area contributed by atoms with Gasteiger partial charge in [0.15, 0.2) is 0 Å². The van der Waals surface area contributed by atoms with Crippen LogP contribution in [0, 0.1) is 0 Å². The second kappa shape index (κ2) is 4.90. The van der Waals surface area contributed by atoms with E-state index in [0.29, 0.717) is 6.54 Å². The Hall–Kier alpha value is -2.88. The van der Waals surface area contributed by atoms with Crippen LogP contribution in [0.1, 0.15) is 5.69 Å². The van der Waals surface area contributed by atoms with E-state index in [1.165, 1.54) is 0 Å². The fourth-order valence-corrected chi connectivity index (χ4v) is 2.51. The average Bonchev–Trinajstić information content (AvgIpc) is 3.02. The molecule has 21 heavy (non-hydrogen) atoms. The molecule has 0 radical (unpaired) electrons. The van der Waals surface area contributed by atoms with Gasteiger partial charge in [-0.05, 0) is 18.2 Å². The zero-order valence-electron chi connectivity index (χ0n) is 11.4. The summed E-state index contributed by atoms with van der Waals surface area (Å²) in [5.74, 6) is 0. The molecule has 0 fully saturated rings. The van der Waals surface area contributed by atoms with Crippen LogP contribution in [-0.2, 0) is 6.54 Å². The summed E-state index contributed by atoms with van der Waals surface area (Å²) in [5.41, 5.74) is 4.11. The molecule has 0 aliphatic heterocycles. The number of nitrogens with one attached hydrogen (secondary N) is 2. The van der Waals surface area contributed by atoms with Gasteiger partial charge in [0.25, 0.3) is 0 Å². The van der Waals surface area contributed by atoms with Crippen LogP contribution in [0.3, 0.4) is 0 Å². The van der Waals surface area contributed by atoms with Gasteiger partial charge in [-0.25, -0.2) is 0 Å². The highest BCUT2D eigenvalue weighted by atomic mass is 15.1. The van der Waals surface area contributed by atoms with Gasteiger partial charge in [0.2, 0.25) is 0 Å². The van der Waals surface area contributed by atoms with E-state index in [0.717, 1.165) is 33.2 Å². The molecule has 0 spiro atoms. The van der Waals surface area contributed by atoms with Crippen molar-refractivity contribution in [2.75, 3.05) is 5.32 Å². The minimum absolute atomic E-state index is 0.683. The maximum Gasteiger partial charge on any atom is 0.0881 e. The first-order chi connectivity index (χ1) is 10.4. The number of aromatic nitrogens is 3. The Morgan fingerprint density at radius 3 is 2.81 bits per heavy atom. The number of pyridine rings is 1. The number of benzene rings is 2. The molecule has 4 rings (SSSR count). The number of hydrogen-bond acceptors (Lipinski definition) is 3. The number of fused-ring (bicyclic) bond motifs is 2. The van der Waals surface area contributed by atoms with E-state index >= 15 is 0 Å². The summed E-state index contributed by atoms with van der Waals surface area (Å²) < 4.78 is 0. The average molecular weight is 274 g/mol. The second-order valence-electron chi connectivity index (χ2n) is 4.99. The molecule has 2 aromatic carbocycles. The van der Waals surface area contributed by atoms with Crippen molar-refractivity contribution in [2.45, 2.75) is 6.54 Å². The molecule has 2 aromatic heterocycles. The highest BCUT2D eigenvalue weighted by molar-refractivity contribution is 5.89. The quantitative estimate of drug-likeness (QED) is 0.598. The molecule has 4 nitrogen and oxygen atoms in total. The van der Waals surface area contributed by atoms with Gasteiger partial charge in [0.1, 0.15) is 0 Å². The Kier molecular flexibility index (Phi) is 2.78. The van der Waals surface area contributed by atoms with E-state index in [1.54, 1.807) is 0 Å². The fourth-order valence-electron chi connectivity index (χ4n) is 2.51. The molecule has 0 bridgehead atoms. The van der Waals surface area contributed by atoms with Crippen LogP contribution in [-0.4, -0.2) is 15.2 Å². The smallest absolute Gasteiger partial charge is 0.0881 e. The van der Waals surface area contributed by atoms with Crippen molar-refractivity contribution >= 4 is 27.5 Å². The van der Waals surface area contributed by atoms with Crippen LogP contribution >= 0.6 is 0 Å². The normalized spacial score (nSPS) is 11.0. The van der Waals surface area contributed by atoms with Crippen molar-refractivity contribution < 1.29 is 0 Å². The molecule has 0 aliphatic rings. The Labute approximate surface area is 121 Å². The topological polar surface area (TPSA) is 53.6 Å². The summed E-state index contributed by atoms with van der Waals surface area (Å²) >= 11 is 0. The Morgan fingerprint density at radius 2 is 1.81 bits per heavy atom. The van der Waals surface area contributed by atoms with Crippen molar-refractivity contribution in [1.29, 1.82) is 0 Å². The molecule has 0 aliphatic carbocycles. The van der Waals surface area contributed by atoms with Gasteiger partial charge in [0, 0.05) is 10.8 Å². The van der Waals surface area contributed by atoms with E-state index in [-0.39, 0.29) is 0 Å². The molecule has 4 aromatic rings. The lowest BCUT2D eigenvalue weighted by atomic mass is 10.2. The lowest BCUT2D eigenvalue weighted by molar-refractivity contribution is 1.06.